The van der Waals surface area contributed by atoms with E-state index < -0.39 is 0 Å². The molecule has 1 aliphatic heterocycles. The first-order chi connectivity index (χ1) is 8.11. The van der Waals surface area contributed by atoms with Gasteiger partial charge in [0.05, 0.1) is 6.67 Å². The van der Waals surface area contributed by atoms with Crippen molar-refractivity contribution in [3.05, 3.63) is 28.8 Å². The van der Waals surface area contributed by atoms with Gasteiger partial charge in [-0.2, -0.15) is 0 Å². The van der Waals surface area contributed by atoms with Gasteiger partial charge >= 0.3 is 0 Å². The van der Waals surface area contributed by atoms with Crippen LogP contribution in [0.2, 0.25) is 0 Å². The lowest BCUT2D eigenvalue weighted by Gasteiger charge is -2.24. The normalized spacial score (nSPS) is 16.8. The van der Waals surface area contributed by atoms with Gasteiger partial charge in [0.2, 0.25) is 0 Å². The smallest absolute Gasteiger partial charge is 0.0715 e. The summed E-state index contributed by atoms with van der Waals surface area (Å²) < 4.78 is 0. The van der Waals surface area contributed by atoms with E-state index >= 15 is 0 Å². The zero-order valence-corrected chi connectivity index (χ0v) is 12.1. The maximum Gasteiger partial charge on any atom is 0.0715 e. The molecule has 2 rings (SSSR count). The average Bonchev–Trinajstić information content (AvgIpc) is 2.65. The van der Waals surface area contributed by atoms with Crippen molar-refractivity contribution >= 4 is 17.4 Å². The summed E-state index contributed by atoms with van der Waals surface area (Å²) >= 11 is 1.91. The van der Waals surface area contributed by atoms with Crippen molar-refractivity contribution in [2.45, 2.75) is 20.8 Å². The van der Waals surface area contributed by atoms with Crippen LogP contribution in [0, 0.1) is 20.8 Å². The Labute approximate surface area is 109 Å². The Kier molecular flexibility index (Phi) is 4.00. The van der Waals surface area contributed by atoms with Crippen molar-refractivity contribution in [3.63, 3.8) is 0 Å². The molecule has 94 valence electrons. The molecule has 0 radical (unpaired) electrons. The molecule has 0 spiro atoms. The number of benzene rings is 1. The van der Waals surface area contributed by atoms with Crippen LogP contribution < -0.4 is 4.90 Å². The summed E-state index contributed by atoms with van der Waals surface area (Å²) in [5.74, 6) is 1.14. The van der Waals surface area contributed by atoms with E-state index in [1.54, 1.807) is 0 Å². The van der Waals surface area contributed by atoms with Gasteiger partial charge < -0.3 is 4.90 Å². The summed E-state index contributed by atoms with van der Waals surface area (Å²) in [4.78, 5) is 5.02. The Bertz CT molecular complexity index is 380. The summed E-state index contributed by atoms with van der Waals surface area (Å²) in [6.45, 7) is 10.1. The minimum absolute atomic E-state index is 1.07. The van der Waals surface area contributed by atoms with Crippen LogP contribution in [0.4, 0.5) is 5.69 Å². The standard InChI is InChI=1S/C14H22N2S/c1-11-7-12(2)14(13(3)8-11)16-6-5-15(9-16)10-17-4/h7-8H,5-6,9-10H2,1-4H3. The van der Waals surface area contributed by atoms with Crippen molar-refractivity contribution in [2.24, 2.45) is 0 Å². The molecule has 1 saturated heterocycles. The third kappa shape index (κ3) is 2.78. The maximum atomic E-state index is 2.51. The van der Waals surface area contributed by atoms with E-state index in [0.29, 0.717) is 0 Å². The van der Waals surface area contributed by atoms with Gasteiger partial charge in [-0.25, -0.2) is 0 Å². The van der Waals surface area contributed by atoms with E-state index in [-0.39, 0.29) is 0 Å². The Morgan fingerprint density at radius 3 is 2.35 bits per heavy atom. The molecule has 0 aromatic heterocycles. The summed E-state index contributed by atoms with van der Waals surface area (Å²) in [6, 6.07) is 4.58. The highest BCUT2D eigenvalue weighted by Crippen LogP contribution is 2.28. The van der Waals surface area contributed by atoms with E-state index in [0.717, 1.165) is 19.1 Å². The van der Waals surface area contributed by atoms with Crippen LogP contribution >= 0.6 is 11.8 Å². The monoisotopic (exact) mass is 250 g/mol. The highest BCUT2D eigenvalue weighted by molar-refractivity contribution is 7.98. The van der Waals surface area contributed by atoms with Crippen molar-refractivity contribution in [3.8, 4) is 0 Å². The summed E-state index contributed by atoms with van der Waals surface area (Å²) in [5, 5.41) is 0. The molecule has 0 unspecified atom stereocenters. The zero-order valence-electron chi connectivity index (χ0n) is 11.3. The molecule has 1 heterocycles. The summed E-state index contributed by atoms with van der Waals surface area (Å²) in [7, 11) is 0. The van der Waals surface area contributed by atoms with Gasteiger partial charge in [-0.05, 0) is 38.2 Å². The molecular formula is C14H22N2S. The van der Waals surface area contributed by atoms with Gasteiger partial charge in [0, 0.05) is 24.7 Å². The molecule has 0 amide bonds. The number of nitrogens with zero attached hydrogens (tertiary/aromatic N) is 2. The fourth-order valence-electron chi connectivity index (χ4n) is 2.79. The van der Waals surface area contributed by atoms with Gasteiger partial charge in [0.25, 0.3) is 0 Å². The zero-order chi connectivity index (χ0) is 12.4. The number of rotatable bonds is 3. The van der Waals surface area contributed by atoms with E-state index in [9.17, 15) is 0 Å². The number of thioether (sulfide) groups is 1. The molecule has 0 aliphatic carbocycles. The van der Waals surface area contributed by atoms with Crippen LogP contribution in [0.15, 0.2) is 12.1 Å². The molecule has 1 aromatic carbocycles. The SMILES string of the molecule is CSCN1CCN(c2c(C)cc(C)cc2C)C1. The first-order valence-corrected chi connectivity index (χ1v) is 7.55. The number of hydrogen-bond acceptors (Lipinski definition) is 3. The lowest BCUT2D eigenvalue weighted by molar-refractivity contribution is 0.404. The Morgan fingerprint density at radius 1 is 1.12 bits per heavy atom. The van der Waals surface area contributed by atoms with Crippen molar-refractivity contribution in [2.75, 3.05) is 36.8 Å². The largest absolute Gasteiger partial charge is 0.357 e. The van der Waals surface area contributed by atoms with Crippen LogP contribution in [-0.4, -0.2) is 36.8 Å². The van der Waals surface area contributed by atoms with Gasteiger partial charge in [0.1, 0.15) is 0 Å². The second kappa shape index (κ2) is 5.32. The van der Waals surface area contributed by atoms with Gasteiger partial charge in [-0.3, -0.25) is 4.90 Å². The maximum absolute atomic E-state index is 2.51. The van der Waals surface area contributed by atoms with Crippen LogP contribution in [0.1, 0.15) is 16.7 Å². The van der Waals surface area contributed by atoms with Gasteiger partial charge in [-0.15, -0.1) is 11.8 Å². The van der Waals surface area contributed by atoms with Gasteiger partial charge in [0.15, 0.2) is 0 Å². The van der Waals surface area contributed by atoms with Crippen molar-refractivity contribution in [1.82, 2.24) is 4.90 Å². The predicted octanol–water partition coefficient (Wildman–Crippen LogP) is 3.01. The molecule has 0 N–H and O–H groups in total. The fraction of sp³-hybridized carbons (Fsp3) is 0.571. The molecule has 3 heteroatoms. The van der Waals surface area contributed by atoms with E-state index in [1.807, 2.05) is 11.8 Å². The molecular weight excluding hydrogens is 228 g/mol. The highest BCUT2D eigenvalue weighted by Gasteiger charge is 2.21. The minimum Gasteiger partial charge on any atom is -0.357 e. The van der Waals surface area contributed by atoms with Gasteiger partial charge in [-0.1, -0.05) is 17.7 Å². The molecule has 1 aromatic rings. The molecule has 17 heavy (non-hydrogen) atoms. The third-order valence-corrected chi connectivity index (χ3v) is 3.94. The van der Waals surface area contributed by atoms with E-state index in [1.165, 1.54) is 28.9 Å². The second-order valence-corrected chi connectivity index (χ2v) is 5.80. The molecule has 1 aliphatic rings. The third-order valence-electron chi connectivity index (χ3n) is 3.32. The van der Waals surface area contributed by atoms with Crippen LogP contribution in [0.5, 0.6) is 0 Å². The average molecular weight is 250 g/mol. The van der Waals surface area contributed by atoms with Crippen LogP contribution in [0.3, 0.4) is 0 Å². The predicted molar refractivity (Wildman–Crippen MR) is 78.0 cm³/mol. The molecule has 0 saturated carbocycles. The summed E-state index contributed by atoms with van der Waals surface area (Å²) in [5.41, 5.74) is 5.63. The molecule has 0 atom stereocenters. The molecule has 2 nitrogen and oxygen atoms in total. The molecule has 0 bridgehead atoms. The Balaban J connectivity index is 2.19. The Morgan fingerprint density at radius 2 is 1.76 bits per heavy atom. The van der Waals surface area contributed by atoms with E-state index in [4.69, 9.17) is 0 Å². The van der Waals surface area contributed by atoms with E-state index in [2.05, 4.69) is 49.0 Å². The van der Waals surface area contributed by atoms with Crippen molar-refractivity contribution < 1.29 is 0 Å². The lowest BCUT2D eigenvalue weighted by Crippen LogP contribution is -2.26. The number of anilines is 1. The van der Waals surface area contributed by atoms with Crippen LogP contribution in [-0.2, 0) is 0 Å². The fourth-order valence-corrected chi connectivity index (χ4v) is 3.36. The number of aryl methyl sites for hydroxylation is 3. The first-order valence-electron chi connectivity index (χ1n) is 6.16. The molecule has 1 fully saturated rings. The summed E-state index contributed by atoms with van der Waals surface area (Å²) in [6.07, 6.45) is 2.17. The van der Waals surface area contributed by atoms with Crippen LogP contribution in [0.25, 0.3) is 0 Å². The number of hydrogen-bond donors (Lipinski definition) is 0. The minimum atomic E-state index is 1.07. The van der Waals surface area contributed by atoms with Crippen molar-refractivity contribution in [1.29, 1.82) is 0 Å². The Hall–Kier alpha value is -0.670. The second-order valence-electron chi connectivity index (χ2n) is 4.96. The topological polar surface area (TPSA) is 6.48 Å². The first kappa shape index (κ1) is 12.8. The quantitative estimate of drug-likeness (QED) is 0.814. The highest BCUT2D eigenvalue weighted by atomic mass is 32.2. The lowest BCUT2D eigenvalue weighted by atomic mass is 10.0.